The standard InChI is InChI=1S/C10H8BN3/c1-3-7-12-9(5-1)11-14-10-6-2-4-8-13-10/h1-8H. The van der Waals surface area contributed by atoms with Crippen molar-refractivity contribution in [2.75, 3.05) is 0 Å². The molecule has 0 aliphatic rings. The Morgan fingerprint density at radius 3 is 2.36 bits per heavy atom. The number of aromatic nitrogens is 2. The van der Waals surface area contributed by atoms with E-state index in [1.54, 1.807) is 19.5 Å². The summed E-state index contributed by atoms with van der Waals surface area (Å²) in [6.07, 6.45) is 3.45. The normalized spacial score (nSPS) is 10.0. The molecule has 0 bridgehead atoms. The molecule has 2 aromatic heterocycles. The minimum absolute atomic E-state index is 0.693. The van der Waals surface area contributed by atoms with Crippen LogP contribution >= 0.6 is 0 Å². The summed E-state index contributed by atoms with van der Waals surface area (Å²) in [5.74, 6) is 0.693. The predicted molar refractivity (Wildman–Crippen MR) is 56.0 cm³/mol. The monoisotopic (exact) mass is 181 g/mol. The summed E-state index contributed by atoms with van der Waals surface area (Å²) in [6, 6.07) is 11.3. The average molecular weight is 181 g/mol. The molecule has 0 aromatic carbocycles. The van der Waals surface area contributed by atoms with E-state index in [0.717, 1.165) is 5.59 Å². The quantitative estimate of drug-likeness (QED) is 0.655. The van der Waals surface area contributed by atoms with Gasteiger partial charge in [0.2, 0.25) is 0 Å². The third-order valence-corrected chi connectivity index (χ3v) is 1.67. The van der Waals surface area contributed by atoms with Gasteiger partial charge in [0.25, 0.3) is 0 Å². The van der Waals surface area contributed by atoms with Gasteiger partial charge in [-0.25, -0.2) is 0 Å². The number of hydrogen-bond acceptors (Lipinski definition) is 3. The molecule has 0 N–H and O–H groups in total. The van der Waals surface area contributed by atoms with Crippen LogP contribution in [0, 0.1) is 0 Å². The Morgan fingerprint density at radius 2 is 1.71 bits per heavy atom. The summed E-state index contributed by atoms with van der Waals surface area (Å²) in [5.41, 5.74) is 0.832. The molecular formula is C10H8BN3. The van der Waals surface area contributed by atoms with E-state index >= 15 is 0 Å². The van der Waals surface area contributed by atoms with E-state index in [0.29, 0.717) is 5.82 Å². The van der Waals surface area contributed by atoms with Gasteiger partial charge in [-0.15, -0.1) is 0 Å². The van der Waals surface area contributed by atoms with Gasteiger partial charge in [0.05, 0.1) is 0 Å². The second-order valence-corrected chi connectivity index (χ2v) is 2.70. The van der Waals surface area contributed by atoms with Crippen LogP contribution in [0.5, 0.6) is 0 Å². The van der Waals surface area contributed by atoms with Gasteiger partial charge in [-0.1, -0.05) is 0 Å². The Labute approximate surface area is 82.8 Å². The Balaban J connectivity index is 2.16. The zero-order valence-corrected chi connectivity index (χ0v) is 7.54. The van der Waals surface area contributed by atoms with Crippen LogP contribution in [0.15, 0.2) is 53.7 Å². The maximum atomic E-state index is 4.18. The first kappa shape index (κ1) is 8.75. The van der Waals surface area contributed by atoms with Crippen LogP contribution in [-0.4, -0.2) is 17.0 Å². The fraction of sp³-hybridized carbons (Fsp3) is 0. The molecule has 0 spiro atoms. The van der Waals surface area contributed by atoms with Crippen LogP contribution in [0.3, 0.4) is 0 Å². The summed E-state index contributed by atoms with van der Waals surface area (Å²) >= 11 is 0. The van der Waals surface area contributed by atoms with Crippen molar-refractivity contribution in [1.82, 2.24) is 9.97 Å². The Bertz CT molecular complexity index is 372. The summed E-state index contributed by atoms with van der Waals surface area (Å²) in [6.45, 7) is 0. The molecule has 2 aromatic rings. The van der Waals surface area contributed by atoms with Crippen LogP contribution in [0.25, 0.3) is 0 Å². The maximum absolute atomic E-state index is 4.18. The summed E-state index contributed by atoms with van der Waals surface area (Å²) in [4.78, 5) is 12.4. The van der Waals surface area contributed by atoms with Gasteiger partial charge in [-0.05, 0) is 0 Å². The summed E-state index contributed by atoms with van der Waals surface area (Å²) < 4.78 is 0. The molecule has 14 heavy (non-hydrogen) atoms. The van der Waals surface area contributed by atoms with E-state index < -0.39 is 0 Å². The van der Waals surface area contributed by atoms with Crippen LogP contribution in [0.1, 0.15) is 0 Å². The molecule has 4 heteroatoms. The number of pyridine rings is 2. The van der Waals surface area contributed by atoms with Crippen LogP contribution in [0.4, 0.5) is 5.82 Å². The molecule has 0 radical (unpaired) electrons. The SMILES string of the molecule is B(=Nc1ccccn1)c1ccccn1. The predicted octanol–water partition coefficient (Wildman–Crippen LogP) is 1.32. The zero-order chi connectivity index (χ0) is 9.64. The van der Waals surface area contributed by atoms with Gasteiger partial charge in [-0.2, -0.15) is 0 Å². The Kier molecular flexibility index (Phi) is 2.76. The molecule has 0 fully saturated rings. The molecule has 0 saturated heterocycles. The summed E-state index contributed by atoms with van der Waals surface area (Å²) in [7, 11) is 1.70. The molecule has 3 nitrogen and oxygen atoms in total. The first-order chi connectivity index (χ1) is 6.95. The minimum atomic E-state index is 0.693. The van der Waals surface area contributed by atoms with E-state index in [1.807, 2.05) is 36.4 Å². The third kappa shape index (κ3) is 2.32. The Morgan fingerprint density at radius 1 is 0.929 bits per heavy atom. The first-order valence-electron chi connectivity index (χ1n) is 4.31. The van der Waals surface area contributed by atoms with Crippen molar-refractivity contribution in [1.29, 1.82) is 0 Å². The molecular weight excluding hydrogens is 173 g/mol. The van der Waals surface area contributed by atoms with Crippen molar-refractivity contribution in [2.45, 2.75) is 0 Å². The topological polar surface area (TPSA) is 38.1 Å². The third-order valence-electron chi connectivity index (χ3n) is 1.67. The molecule has 0 unspecified atom stereocenters. The van der Waals surface area contributed by atoms with Crippen molar-refractivity contribution in [3.8, 4) is 0 Å². The van der Waals surface area contributed by atoms with Crippen molar-refractivity contribution in [3.05, 3.63) is 48.8 Å². The molecule has 0 aliphatic carbocycles. The van der Waals surface area contributed by atoms with E-state index in [2.05, 4.69) is 14.9 Å². The zero-order valence-electron chi connectivity index (χ0n) is 7.54. The van der Waals surface area contributed by atoms with Crippen molar-refractivity contribution >= 4 is 18.5 Å². The van der Waals surface area contributed by atoms with Gasteiger partial charge in [0.15, 0.2) is 0 Å². The van der Waals surface area contributed by atoms with Crippen molar-refractivity contribution < 1.29 is 0 Å². The van der Waals surface area contributed by atoms with Gasteiger partial charge in [0, 0.05) is 0 Å². The number of rotatable bonds is 2. The molecule has 0 aliphatic heterocycles. The van der Waals surface area contributed by atoms with E-state index in [4.69, 9.17) is 0 Å². The van der Waals surface area contributed by atoms with Crippen molar-refractivity contribution in [3.63, 3.8) is 0 Å². The fourth-order valence-corrected chi connectivity index (χ4v) is 1.01. The molecule has 2 rings (SSSR count). The Hall–Kier alpha value is -1.84. The van der Waals surface area contributed by atoms with E-state index in [1.165, 1.54) is 0 Å². The van der Waals surface area contributed by atoms with Crippen LogP contribution < -0.4 is 5.59 Å². The summed E-state index contributed by atoms with van der Waals surface area (Å²) in [5, 5.41) is 0. The number of nitrogens with zero attached hydrogens (tertiary/aromatic N) is 3. The molecule has 0 amide bonds. The van der Waals surface area contributed by atoms with E-state index in [9.17, 15) is 0 Å². The molecule has 66 valence electrons. The van der Waals surface area contributed by atoms with Gasteiger partial charge < -0.3 is 0 Å². The second kappa shape index (κ2) is 4.41. The first-order valence-corrected chi connectivity index (χ1v) is 4.31. The number of hydrogen-bond donors (Lipinski definition) is 0. The van der Waals surface area contributed by atoms with Crippen LogP contribution in [-0.2, 0) is 0 Å². The van der Waals surface area contributed by atoms with Gasteiger partial charge in [0.1, 0.15) is 0 Å². The second-order valence-electron chi connectivity index (χ2n) is 2.70. The fourth-order valence-electron chi connectivity index (χ4n) is 1.01. The van der Waals surface area contributed by atoms with Crippen LogP contribution in [0.2, 0.25) is 0 Å². The van der Waals surface area contributed by atoms with Gasteiger partial charge >= 0.3 is 82.1 Å². The average Bonchev–Trinajstić information content (AvgIpc) is 2.29. The molecule has 2 heterocycles. The molecule has 0 atom stereocenters. The van der Waals surface area contributed by atoms with Crippen molar-refractivity contribution in [2.24, 2.45) is 4.90 Å². The molecule has 0 saturated carbocycles. The van der Waals surface area contributed by atoms with E-state index in [-0.39, 0.29) is 0 Å². The van der Waals surface area contributed by atoms with Gasteiger partial charge in [-0.3, -0.25) is 0 Å².